The van der Waals surface area contributed by atoms with Gasteiger partial charge in [0.1, 0.15) is 0 Å². The lowest BCUT2D eigenvalue weighted by atomic mass is 10.0. The molecule has 7 heteroatoms. The lowest BCUT2D eigenvalue weighted by Gasteiger charge is -2.37. The van der Waals surface area contributed by atoms with Gasteiger partial charge in [0.2, 0.25) is 10.0 Å². The maximum atomic E-state index is 12.7. The summed E-state index contributed by atoms with van der Waals surface area (Å²) in [5.74, 6) is 0. The normalized spacial score (nSPS) is 24.9. The predicted octanol–water partition coefficient (Wildman–Crippen LogP) is 2.04. The van der Waals surface area contributed by atoms with E-state index in [4.69, 9.17) is 0 Å². The highest BCUT2D eigenvalue weighted by Gasteiger charge is 2.35. The summed E-state index contributed by atoms with van der Waals surface area (Å²) in [4.78, 5) is 0.275. The molecule has 0 bridgehead atoms. The highest BCUT2D eigenvalue weighted by Crippen LogP contribution is 2.29. The van der Waals surface area contributed by atoms with Gasteiger partial charge in [-0.3, -0.25) is 0 Å². The summed E-state index contributed by atoms with van der Waals surface area (Å²) < 4.78 is 49.9. The molecule has 0 radical (unpaired) electrons. The fourth-order valence-electron chi connectivity index (χ4n) is 2.85. The molecule has 1 aliphatic rings. The summed E-state index contributed by atoms with van der Waals surface area (Å²) in [6.45, 7) is 3.83. The van der Waals surface area contributed by atoms with Crippen LogP contribution in [0.4, 0.5) is 0 Å². The molecule has 21 heavy (non-hydrogen) atoms. The molecule has 2 unspecified atom stereocenters. The summed E-state index contributed by atoms with van der Waals surface area (Å²) in [6.07, 6.45) is 3.84. The topological polar surface area (TPSA) is 71.5 Å². The molecule has 1 aromatic carbocycles. The van der Waals surface area contributed by atoms with Crippen LogP contribution in [0.3, 0.4) is 0 Å². The molecule has 0 spiro atoms. The van der Waals surface area contributed by atoms with Crippen LogP contribution in [0, 0.1) is 0 Å². The van der Waals surface area contributed by atoms with Gasteiger partial charge in [-0.25, -0.2) is 16.8 Å². The van der Waals surface area contributed by atoms with Crippen molar-refractivity contribution in [1.82, 2.24) is 4.31 Å². The van der Waals surface area contributed by atoms with E-state index in [1.807, 2.05) is 13.8 Å². The average Bonchev–Trinajstić information content (AvgIpc) is 2.37. The molecule has 118 valence electrons. The number of sulfonamides is 1. The van der Waals surface area contributed by atoms with Crippen LogP contribution in [0.5, 0.6) is 0 Å². The second-order valence-corrected chi connectivity index (χ2v) is 9.57. The van der Waals surface area contributed by atoms with Gasteiger partial charge in [0.05, 0.1) is 9.79 Å². The van der Waals surface area contributed by atoms with Gasteiger partial charge in [-0.1, -0.05) is 6.42 Å². The predicted molar refractivity (Wildman–Crippen MR) is 81.4 cm³/mol. The monoisotopic (exact) mass is 331 g/mol. The molecule has 0 aliphatic carbocycles. The summed E-state index contributed by atoms with van der Waals surface area (Å²) >= 11 is 0. The lowest BCUT2D eigenvalue weighted by molar-refractivity contribution is 0.204. The summed E-state index contributed by atoms with van der Waals surface area (Å²) in [7, 11) is -6.90. The summed E-state index contributed by atoms with van der Waals surface area (Å²) in [6, 6.07) is 5.38. The molecule has 0 aromatic heterocycles. The highest BCUT2D eigenvalue weighted by molar-refractivity contribution is 7.90. The maximum absolute atomic E-state index is 12.7. The van der Waals surface area contributed by atoms with Gasteiger partial charge >= 0.3 is 0 Å². The SMILES string of the molecule is CC1CCCC(C)N1S(=O)(=O)c1ccc(S(C)(=O)=O)cc1. The quantitative estimate of drug-likeness (QED) is 0.850. The fourth-order valence-corrected chi connectivity index (χ4v) is 5.36. The minimum Gasteiger partial charge on any atom is -0.224 e. The molecule has 1 saturated heterocycles. The Morgan fingerprint density at radius 3 is 1.76 bits per heavy atom. The zero-order chi connectivity index (χ0) is 15.8. The van der Waals surface area contributed by atoms with E-state index in [1.165, 1.54) is 24.3 Å². The molecule has 0 N–H and O–H groups in total. The lowest BCUT2D eigenvalue weighted by Crippen LogP contribution is -2.47. The maximum Gasteiger partial charge on any atom is 0.243 e. The molecule has 0 amide bonds. The Morgan fingerprint density at radius 2 is 1.33 bits per heavy atom. The van der Waals surface area contributed by atoms with Gasteiger partial charge in [0.25, 0.3) is 0 Å². The second kappa shape index (κ2) is 5.70. The molecule has 0 saturated carbocycles. The first-order valence-corrected chi connectivity index (χ1v) is 10.3. The van der Waals surface area contributed by atoms with Gasteiger partial charge in [-0.05, 0) is 51.0 Å². The third kappa shape index (κ3) is 3.30. The molecule has 1 aliphatic heterocycles. The molecule has 1 fully saturated rings. The Labute approximate surface area is 126 Å². The van der Waals surface area contributed by atoms with Crippen molar-refractivity contribution in [2.24, 2.45) is 0 Å². The molecular weight excluding hydrogens is 310 g/mol. The molecule has 2 rings (SSSR count). The zero-order valence-electron chi connectivity index (χ0n) is 12.5. The van der Waals surface area contributed by atoms with Crippen molar-refractivity contribution in [2.45, 2.75) is 55.0 Å². The van der Waals surface area contributed by atoms with Crippen molar-refractivity contribution in [3.63, 3.8) is 0 Å². The molecule has 1 heterocycles. The van der Waals surface area contributed by atoms with Crippen LogP contribution < -0.4 is 0 Å². The number of hydrogen-bond acceptors (Lipinski definition) is 4. The van der Waals surface area contributed by atoms with Crippen molar-refractivity contribution in [2.75, 3.05) is 6.26 Å². The number of piperidine rings is 1. The van der Waals surface area contributed by atoms with Crippen LogP contribution in [-0.4, -0.2) is 39.5 Å². The van der Waals surface area contributed by atoms with Crippen LogP contribution in [0.2, 0.25) is 0 Å². The largest absolute Gasteiger partial charge is 0.243 e. The zero-order valence-corrected chi connectivity index (χ0v) is 14.1. The van der Waals surface area contributed by atoms with Gasteiger partial charge in [0.15, 0.2) is 9.84 Å². The van der Waals surface area contributed by atoms with E-state index < -0.39 is 19.9 Å². The van der Waals surface area contributed by atoms with Crippen molar-refractivity contribution < 1.29 is 16.8 Å². The first-order chi connectivity index (χ1) is 9.64. The van der Waals surface area contributed by atoms with E-state index in [0.717, 1.165) is 25.5 Å². The van der Waals surface area contributed by atoms with Crippen molar-refractivity contribution in [1.29, 1.82) is 0 Å². The second-order valence-electron chi connectivity index (χ2n) is 5.71. The van der Waals surface area contributed by atoms with Crippen molar-refractivity contribution in [3.05, 3.63) is 24.3 Å². The summed E-state index contributed by atoms with van der Waals surface area (Å²) in [5, 5.41) is 0. The van der Waals surface area contributed by atoms with Gasteiger partial charge < -0.3 is 0 Å². The number of sulfone groups is 1. The minimum absolute atomic E-state index is 0.0339. The van der Waals surface area contributed by atoms with Crippen LogP contribution in [-0.2, 0) is 19.9 Å². The van der Waals surface area contributed by atoms with E-state index in [2.05, 4.69) is 0 Å². The number of rotatable bonds is 3. The first-order valence-electron chi connectivity index (χ1n) is 6.97. The van der Waals surface area contributed by atoms with Crippen molar-refractivity contribution >= 4 is 19.9 Å². The average molecular weight is 331 g/mol. The Balaban J connectivity index is 2.40. The smallest absolute Gasteiger partial charge is 0.224 e. The Morgan fingerprint density at radius 1 is 0.905 bits per heavy atom. The Hall–Kier alpha value is -0.920. The first kappa shape index (κ1) is 16.5. The highest BCUT2D eigenvalue weighted by atomic mass is 32.2. The summed E-state index contributed by atoms with van der Waals surface area (Å²) in [5.41, 5.74) is 0. The molecular formula is C14H21NO4S2. The van der Waals surface area contributed by atoms with Gasteiger partial charge in [-0.15, -0.1) is 0 Å². The van der Waals surface area contributed by atoms with Crippen LogP contribution in [0.1, 0.15) is 33.1 Å². The van der Waals surface area contributed by atoms with Crippen LogP contribution in [0.25, 0.3) is 0 Å². The molecule has 2 atom stereocenters. The standard InChI is InChI=1S/C14H21NO4S2/c1-11-5-4-6-12(2)15(11)21(18,19)14-9-7-13(8-10-14)20(3,16)17/h7-12H,4-6H2,1-3H3. The number of hydrogen-bond donors (Lipinski definition) is 0. The van der Waals surface area contributed by atoms with Gasteiger partial charge in [0, 0.05) is 18.3 Å². The van der Waals surface area contributed by atoms with E-state index in [1.54, 1.807) is 4.31 Å². The Kier molecular flexibility index (Phi) is 4.46. The van der Waals surface area contributed by atoms with E-state index in [-0.39, 0.29) is 21.9 Å². The number of benzene rings is 1. The molecule has 5 nitrogen and oxygen atoms in total. The molecule has 1 aromatic rings. The Bertz CT molecular complexity index is 698. The fraction of sp³-hybridized carbons (Fsp3) is 0.571. The van der Waals surface area contributed by atoms with Crippen LogP contribution in [0.15, 0.2) is 34.1 Å². The third-order valence-corrected chi connectivity index (χ3v) is 7.21. The third-order valence-electron chi connectivity index (χ3n) is 3.94. The van der Waals surface area contributed by atoms with Crippen molar-refractivity contribution in [3.8, 4) is 0 Å². The number of nitrogens with zero attached hydrogens (tertiary/aromatic N) is 1. The van der Waals surface area contributed by atoms with E-state index in [0.29, 0.717) is 0 Å². The van der Waals surface area contributed by atoms with Crippen LogP contribution >= 0.6 is 0 Å². The van der Waals surface area contributed by atoms with E-state index in [9.17, 15) is 16.8 Å². The van der Waals surface area contributed by atoms with Gasteiger partial charge in [-0.2, -0.15) is 4.31 Å². The minimum atomic E-state index is -3.58. The van der Waals surface area contributed by atoms with E-state index >= 15 is 0 Å².